The molecule has 0 aliphatic heterocycles. The summed E-state index contributed by atoms with van der Waals surface area (Å²) in [5, 5.41) is 4.35. The molecule has 0 atom stereocenters. The lowest BCUT2D eigenvalue weighted by Crippen LogP contribution is -1.97. The molecule has 0 bridgehead atoms. The number of hydrogen-bond donors (Lipinski definition) is 1. The topological polar surface area (TPSA) is 43.8 Å². The van der Waals surface area contributed by atoms with E-state index in [1.807, 2.05) is 0 Å². The summed E-state index contributed by atoms with van der Waals surface area (Å²) in [6, 6.07) is 12.1. The van der Waals surface area contributed by atoms with Crippen LogP contribution in [-0.4, -0.2) is 9.78 Å². The summed E-state index contributed by atoms with van der Waals surface area (Å²) in [6.45, 7) is 0. The van der Waals surface area contributed by atoms with Crippen molar-refractivity contribution in [3.63, 3.8) is 0 Å². The third-order valence-electron chi connectivity index (χ3n) is 3.32. The maximum Gasteiger partial charge on any atom is 0.129 e. The number of benzene rings is 2. The standard InChI is InChI=1S/C16H13F2N3/c1-21-16(19)14(10-5-7-12(17)8-6-10)15(20-21)11-3-2-4-13(18)9-11/h2-9H,19H2,1H3. The van der Waals surface area contributed by atoms with Gasteiger partial charge in [-0.1, -0.05) is 24.3 Å². The fraction of sp³-hybridized carbons (Fsp3) is 0.0625. The summed E-state index contributed by atoms with van der Waals surface area (Å²) >= 11 is 0. The molecule has 0 aliphatic rings. The number of rotatable bonds is 2. The molecule has 1 heterocycles. The molecule has 0 saturated carbocycles. The van der Waals surface area contributed by atoms with Crippen LogP contribution >= 0.6 is 0 Å². The second-order valence-electron chi connectivity index (χ2n) is 4.75. The molecular weight excluding hydrogens is 272 g/mol. The summed E-state index contributed by atoms with van der Waals surface area (Å²) in [5.74, 6) is -0.226. The second-order valence-corrected chi connectivity index (χ2v) is 4.75. The number of anilines is 1. The fourth-order valence-corrected chi connectivity index (χ4v) is 2.28. The predicted octanol–water partition coefficient (Wildman–Crippen LogP) is 3.61. The zero-order chi connectivity index (χ0) is 15.0. The molecule has 0 aliphatic carbocycles. The molecule has 0 radical (unpaired) electrons. The van der Waals surface area contributed by atoms with Crippen molar-refractivity contribution in [3.8, 4) is 22.4 Å². The Morgan fingerprint density at radius 3 is 2.33 bits per heavy atom. The molecule has 3 aromatic rings. The van der Waals surface area contributed by atoms with Gasteiger partial charge in [0, 0.05) is 12.6 Å². The summed E-state index contributed by atoms with van der Waals surface area (Å²) < 4.78 is 28.0. The first-order chi connectivity index (χ1) is 10.1. The normalized spacial score (nSPS) is 10.8. The molecule has 5 heteroatoms. The Bertz CT molecular complexity index is 792. The minimum Gasteiger partial charge on any atom is -0.383 e. The maximum atomic E-state index is 13.4. The highest BCUT2D eigenvalue weighted by molar-refractivity contribution is 5.88. The number of halogens is 2. The first-order valence-corrected chi connectivity index (χ1v) is 6.40. The molecule has 2 aromatic carbocycles. The first-order valence-electron chi connectivity index (χ1n) is 6.40. The first kappa shape index (κ1) is 13.3. The molecule has 0 spiro atoms. The lowest BCUT2D eigenvalue weighted by Gasteiger charge is -2.04. The van der Waals surface area contributed by atoms with Crippen LogP contribution in [0.1, 0.15) is 0 Å². The van der Waals surface area contributed by atoms with E-state index in [1.165, 1.54) is 28.9 Å². The van der Waals surface area contributed by atoms with Gasteiger partial charge in [0.05, 0.1) is 5.56 Å². The van der Waals surface area contributed by atoms with E-state index in [0.29, 0.717) is 22.6 Å². The average molecular weight is 285 g/mol. The average Bonchev–Trinajstić information content (AvgIpc) is 2.76. The van der Waals surface area contributed by atoms with E-state index >= 15 is 0 Å². The van der Waals surface area contributed by atoms with Crippen molar-refractivity contribution in [2.75, 3.05) is 5.73 Å². The molecule has 106 valence electrons. The highest BCUT2D eigenvalue weighted by Gasteiger charge is 2.17. The van der Waals surface area contributed by atoms with Crippen molar-refractivity contribution < 1.29 is 8.78 Å². The van der Waals surface area contributed by atoms with Crippen LogP contribution in [0.25, 0.3) is 22.4 Å². The van der Waals surface area contributed by atoms with Gasteiger partial charge in [0.2, 0.25) is 0 Å². The maximum absolute atomic E-state index is 13.4. The van der Waals surface area contributed by atoms with E-state index in [2.05, 4.69) is 5.10 Å². The quantitative estimate of drug-likeness (QED) is 0.781. The molecule has 1 aromatic heterocycles. The zero-order valence-corrected chi connectivity index (χ0v) is 11.3. The van der Waals surface area contributed by atoms with Gasteiger partial charge in [0.1, 0.15) is 23.1 Å². The summed E-state index contributed by atoms with van der Waals surface area (Å²) in [6.07, 6.45) is 0. The molecular formula is C16H13F2N3. The summed E-state index contributed by atoms with van der Waals surface area (Å²) in [7, 11) is 1.71. The van der Waals surface area contributed by atoms with Gasteiger partial charge in [0.15, 0.2) is 0 Å². The van der Waals surface area contributed by atoms with Crippen molar-refractivity contribution in [2.45, 2.75) is 0 Å². The van der Waals surface area contributed by atoms with Crippen molar-refractivity contribution in [1.29, 1.82) is 0 Å². The highest BCUT2D eigenvalue weighted by Crippen LogP contribution is 2.35. The Morgan fingerprint density at radius 1 is 0.952 bits per heavy atom. The Labute approximate surface area is 120 Å². The largest absolute Gasteiger partial charge is 0.383 e. The number of nitrogens with two attached hydrogens (primary N) is 1. The van der Waals surface area contributed by atoms with E-state index in [4.69, 9.17) is 5.73 Å². The van der Waals surface area contributed by atoms with Crippen LogP contribution in [-0.2, 0) is 7.05 Å². The number of aryl methyl sites for hydroxylation is 1. The number of hydrogen-bond acceptors (Lipinski definition) is 2. The van der Waals surface area contributed by atoms with Gasteiger partial charge in [-0.15, -0.1) is 0 Å². The Kier molecular flexibility index (Phi) is 3.17. The van der Waals surface area contributed by atoms with Crippen LogP contribution < -0.4 is 5.73 Å². The van der Waals surface area contributed by atoms with Crippen LogP contribution in [0.3, 0.4) is 0 Å². The second kappa shape index (κ2) is 5.01. The van der Waals surface area contributed by atoms with Crippen LogP contribution in [0.2, 0.25) is 0 Å². The van der Waals surface area contributed by atoms with E-state index in [9.17, 15) is 8.78 Å². The number of nitrogens with zero attached hydrogens (tertiary/aromatic N) is 2. The molecule has 3 rings (SSSR count). The SMILES string of the molecule is Cn1nc(-c2cccc(F)c2)c(-c2ccc(F)cc2)c1N. The summed E-state index contributed by atoms with van der Waals surface area (Å²) in [5.41, 5.74) is 8.67. The monoisotopic (exact) mass is 285 g/mol. The van der Waals surface area contributed by atoms with Gasteiger partial charge in [-0.05, 0) is 29.8 Å². The van der Waals surface area contributed by atoms with Gasteiger partial charge in [0.25, 0.3) is 0 Å². The number of nitrogen functional groups attached to an aromatic ring is 1. The third kappa shape index (κ3) is 2.38. The molecule has 0 saturated heterocycles. The van der Waals surface area contributed by atoms with Gasteiger partial charge in [-0.25, -0.2) is 8.78 Å². The predicted molar refractivity (Wildman–Crippen MR) is 78.4 cm³/mol. The van der Waals surface area contributed by atoms with Crippen molar-refractivity contribution in [3.05, 3.63) is 60.2 Å². The summed E-state index contributed by atoms with van der Waals surface area (Å²) in [4.78, 5) is 0. The Balaban J connectivity index is 2.23. The smallest absolute Gasteiger partial charge is 0.129 e. The highest BCUT2D eigenvalue weighted by atomic mass is 19.1. The van der Waals surface area contributed by atoms with Crippen molar-refractivity contribution >= 4 is 5.82 Å². The van der Waals surface area contributed by atoms with Gasteiger partial charge in [-0.2, -0.15) is 5.10 Å². The Hall–Kier alpha value is -2.69. The third-order valence-corrected chi connectivity index (χ3v) is 3.32. The van der Waals surface area contributed by atoms with E-state index in [-0.39, 0.29) is 11.6 Å². The van der Waals surface area contributed by atoms with Crippen LogP contribution in [0, 0.1) is 11.6 Å². The van der Waals surface area contributed by atoms with E-state index in [0.717, 1.165) is 5.56 Å². The molecule has 0 fully saturated rings. The molecule has 3 nitrogen and oxygen atoms in total. The zero-order valence-electron chi connectivity index (χ0n) is 11.3. The molecule has 0 unspecified atom stereocenters. The van der Waals surface area contributed by atoms with Crippen molar-refractivity contribution in [2.24, 2.45) is 7.05 Å². The minimum atomic E-state index is -0.346. The van der Waals surface area contributed by atoms with E-state index < -0.39 is 0 Å². The lowest BCUT2D eigenvalue weighted by atomic mass is 10.0. The van der Waals surface area contributed by atoms with Crippen molar-refractivity contribution in [1.82, 2.24) is 9.78 Å². The number of aromatic nitrogens is 2. The van der Waals surface area contributed by atoms with Crippen LogP contribution in [0.15, 0.2) is 48.5 Å². The van der Waals surface area contributed by atoms with E-state index in [1.54, 1.807) is 31.3 Å². The molecule has 21 heavy (non-hydrogen) atoms. The minimum absolute atomic E-state index is 0.325. The van der Waals surface area contributed by atoms with Gasteiger partial charge < -0.3 is 5.73 Å². The molecule has 0 amide bonds. The lowest BCUT2D eigenvalue weighted by molar-refractivity contribution is 0.628. The molecule has 2 N–H and O–H groups in total. The fourth-order valence-electron chi connectivity index (χ4n) is 2.28. The van der Waals surface area contributed by atoms with Crippen LogP contribution in [0.4, 0.5) is 14.6 Å². The van der Waals surface area contributed by atoms with Gasteiger partial charge >= 0.3 is 0 Å². The Morgan fingerprint density at radius 2 is 1.67 bits per heavy atom. The van der Waals surface area contributed by atoms with Gasteiger partial charge in [-0.3, -0.25) is 4.68 Å². The van der Waals surface area contributed by atoms with Crippen LogP contribution in [0.5, 0.6) is 0 Å².